The van der Waals surface area contributed by atoms with Gasteiger partial charge in [-0.25, -0.2) is 9.79 Å². The van der Waals surface area contributed by atoms with Crippen LogP contribution in [-0.4, -0.2) is 27.8 Å². The minimum atomic E-state index is -0.635. The fourth-order valence-electron chi connectivity index (χ4n) is 3.25. The van der Waals surface area contributed by atoms with Gasteiger partial charge in [-0.15, -0.1) is 0 Å². The van der Waals surface area contributed by atoms with Crippen molar-refractivity contribution in [2.45, 2.75) is 13.0 Å². The molecule has 1 aromatic heterocycles. The molecule has 27 heavy (non-hydrogen) atoms. The number of aromatic amines is 1. The van der Waals surface area contributed by atoms with Crippen LogP contribution in [-0.2, 0) is 4.79 Å². The number of halogens is 1. The Balaban J connectivity index is 1.64. The van der Waals surface area contributed by atoms with Crippen molar-refractivity contribution in [2.24, 2.45) is 10.9 Å². The van der Waals surface area contributed by atoms with Crippen LogP contribution in [0.3, 0.4) is 0 Å². The molecule has 0 aliphatic carbocycles. The Morgan fingerprint density at radius 2 is 1.96 bits per heavy atom. The zero-order chi connectivity index (χ0) is 19.0. The third kappa shape index (κ3) is 3.41. The van der Waals surface area contributed by atoms with E-state index >= 15 is 0 Å². The average Bonchev–Trinajstić information content (AvgIpc) is 3.09. The number of carbonyl (C=O) groups excluding carboxylic acids is 2. The van der Waals surface area contributed by atoms with E-state index in [9.17, 15) is 9.59 Å². The van der Waals surface area contributed by atoms with Gasteiger partial charge >= 0.3 is 6.03 Å². The predicted octanol–water partition coefficient (Wildman–Crippen LogP) is 3.70. The van der Waals surface area contributed by atoms with Crippen LogP contribution < -0.4 is 10.6 Å². The molecule has 3 aromatic rings. The number of rotatable bonds is 3. The fourth-order valence-corrected chi connectivity index (χ4v) is 3.37. The number of urea groups is 1. The minimum Gasteiger partial charge on any atom is -0.328 e. The highest BCUT2D eigenvalue weighted by molar-refractivity contribution is 6.30. The lowest BCUT2D eigenvalue weighted by molar-refractivity contribution is -0.118. The third-order valence-corrected chi connectivity index (χ3v) is 4.81. The van der Waals surface area contributed by atoms with E-state index in [1.54, 1.807) is 43.5 Å². The number of hydrogen-bond donors (Lipinski definition) is 3. The van der Waals surface area contributed by atoms with Crippen LogP contribution in [0.25, 0.3) is 10.9 Å². The predicted molar refractivity (Wildman–Crippen MR) is 104 cm³/mol. The van der Waals surface area contributed by atoms with Gasteiger partial charge < -0.3 is 10.6 Å². The Morgan fingerprint density at radius 3 is 2.74 bits per heavy atom. The van der Waals surface area contributed by atoms with Gasteiger partial charge in [-0.1, -0.05) is 23.7 Å². The van der Waals surface area contributed by atoms with Crippen LogP contribution in [0.1, 0.15) is 18.5 Å². The van der Waals surface area contributed by atoms with Crippen molar-refractivity contribution in [1.29, 1.82) is 0 Å². The number of hydrogen-bond acceptors (Lipinski definition) is 3. The van der Waals surface area contributed by atoms with Crippen molar-refractivity contribution in [2.75, 3.05) is 5.32 Å². The number of H-pyrrole nitrogens is 1. The van der Waals surface area contributed by atoms with Crippen molar-refractivity contribution >= 4 is 45.8 Å². The summed E-state index contributed by atoms with van der Waals surface area (Å²) in [4.78, 5) is 28.8. The van der Waals surface area contributed by atoms with Gasteiger partial charge in [-0.05, 0) is 42.8 Å². The first-order valence-corrected chi connectivity index (χ1v) is 8.74. The monoisotopic (exact) mass is 381 g/mol. The Hall–Kier alpha value is -3.19. The number of carbonyl (C=O) groups is 2. The first-order chi connectivity index (χ1) is 13.0. The van der Waals surface area contributed by atoms with Gasteiger partial charge in [-0.3, -0.25) is 9.89 Å². The maximum absolute atomic E-state index is 13.0. The summed E-state index contributed by atoms with van der Waals surface area (Å²) in [6.45, 7) is 1.69. The van der Waals surface area contributed by atoms with Gasteiger partial charge in [0, 0.05) is 21.8 Å². The summed E-state index contributed by atoms with van der Waals surface area (Å²) < 4.78 is 0. The van der Waals surface area contributed by atoms with Gasteiger partial charge in [0.15, 0.2) is 0 Å². The molecule has 1 aliphatic heterocycles. The van der Waals surface area contributed by atoms with Crippen molar-refractivity contribution in [1.82, 2.24) is 15.5 Å². The molecule has 0 fully saturated rings. The van der Waals surface area contributed by atoms with E-state index in [1.165, 1.54) is 0 Å². The molecule has 0 saturated heterocycles. The highest BCUT2D eigenvalue weighted by Gasteiger charge is 2.36. The lowest BCUT2D eigenvalue weighted by atomic mass is 9.87. The van der Waals surface area contributed by atoms with Crippen LogP contribution in [0.5, 0.6) is 0 Å². The first kappa shape index (κ1) is 17.2. The highest BCUT2D eigenvalue weighted by Crippen LogP contribution is 2.29. The maximum atomic E-state index is 13.0. The van der Waals surface area contributed by atoms with E-state index in [2.05, 4.69) is 25.8 Å². The number of aromatic nitrogens is 2. The summed E-state index contributed by atoms with van der Waals surface area (Å²) in [7, 11) is 0. The molecule has 1 aliphatic rings. The number of nitrogens with one attached hydrogen (secondary N) is 3. The summed E-state index contributed by atoms with van der Waals surface area (Å²) in [6, 6.07) is 11.5. The molecule has 2 heterocycles. The van der Waals surface area contributed by atoms with Crippen LogP contribution in [0.2, 0.25) is 5.02 Å². The van der Waals surface area contributed by atoms with Gasteiger partial charge in [0.25, 0.3) is 0 Å². The van der Waals surface area contributed by atoms with Crippen LogP contribution >= 0.6 is 11.6 Å². The second kappa shape index (κ2) is 6.85. The molecule has 0 saturated carbocycles. The quantitative estimate of drug-likeness (QED) is 0.645. The second-order valence-electron chi connectivity index (χ2n) is 6.37. The van der Waals surface area contributed by atoms with Crippen molar-refractivity contribution < 1.29 is 9.59 Å². The molecule has 4 rings (SSSR count). The van der Waals surface area contributed by atoms with E-state index in [4.69, 9.17) is 11.6 Å². The molecule has 7 nitrogen and oxygen atoms in total. The summed E-state index contributed by atoms with van der Waals surface area (Å²) in [5.74, 6) is -0.886. The van der Waals surface area contributed by atoms with Crippen molar-refractivity contribution in [3.8, 4) is 0 Å². The van der Waals surface area contributed by atoms with Crippen molar-refractivity contribution in [3.05, 3.63) is 59.2 Å². The third-order valence-electron chi connectivity index (χ3n) is 4.56. The molecule has 3 N–H and O–H groups in total. The lowest BCUT2D eigenvalue weighted by Gasteiger charge is -2.30. The topological polar surface area (TPSA) is 99.2 Å². The molecule has 0 radical (unpaired) electrons. The van der Waals surface area contributed by atoms with Gasteiger partial charge in [0.2, 0.25) is 5.91 Å². The SMILES string of the molecule is CC1=NC(=O)NC(c2ccc(Cl)cc2)C1C(=O)Nc1ccc2[nH]ncc2c1. The van der Waals surface area contributed by atoms with Crippen LogP contribution in [0, 0.1) is 5.92 Å². The Bertz CT molecular complexity index is 1060. The summed E-state index contributed by atoms with van der Waals surface area (Å²) in [5, 5.41) is 14.0. The highest BCUT2D eigenvalue weighted by atomic mass is 35.5. The van der Waals surface area contributed by atoms with E-state index in [1.807, 2.05) is 12.1 Å². The zero-order valence-corrected chi connectivity index (χ0v) is 15.1. The van der Waals surface area contributed by atoms with E-state index in [0.29, 0.717) is 16.4 Å². The molecule has 8 heteroatoms. The Kier molecular flexibility index (Phi) is 4.37. The van der Waals surface area contributed by atoms with Gasteiger partial charge in [0.05, 0.1) is 17.8 Å². The average molecular weight is 382 g/mol. The standard InChI is InChI=1S/C19H16ClN5O2/c1-10-16(17(24-19(27)22-10)11-2-4-13(20)5-3-11)18(26)23-14-6-7-15-12(8-14)9-21-25-15/h2-9,16-17H,1H3,(H,21,25)(H,23,26)(H,24,27). The molecule has 3 amide bonds. The zero-order valence-electron chi connectivity index (χ0n) is 14.4. The Labute approximate surface area is 159 Å². The number of amides is 3. The smallest absolute Gasteiger partial charge is 0.328 e. The molecule has 0 spiro atoms. The van der Waals surface area contributed by atoms with Gasteiger partial charge in [0.1, 0.15) is 5.92 Å². The summed E-state index contributed by atoms with van der Waals surface area (Å²) in [6.07, 6.45) is 1.69. The Morgan fingerprint density at radius 1 is 1.19 bits per heavy atom. The van der Waals surface area contributed by atoms with E-state index in [-0.39, 0.29) is 5.91 Å². The molecular weight excluding hydrogens is 366 g/mol. The van der Waals surface area contributed by atoms with Gasteiger partial charge in [-0.2, -0.15) is 5.10 Å². The molecular formula is C19H16ClN5O2. The number of nitrogens with zero attached hydrogens (tertiary/aromatic N) is 2. The lowest BCUT2D eigenvalue weighted by Crippen LogP contribution is -2.45. The van der Waals surface area contributed by atoms with Crippen molar-refractivity contribution in [3.63, 3.8) is 0 Å². The number of benzene rings is 2. The molecule has 2 atom stereocenters. The normalized spacial score (nSPS) is 19.5. The molecule has 136 valence electrons. The molecule has 0 bridgehead atoms. The molecule has 2 aromatic carbocycles. The second-order valence-corrected chi connectivity index (χ2v) is 6.81. The number of fused-ring (bicyclic) bond motifs is 1. The van der Waals surface area contributed by atoms with E-state index in [0.717, 1.165) is 16.5 Å². The maximum Gasteiger partial charge on any atom is 0.341 e. The first-order valence-electron chi connectivity index (χ1n) is 8.36. The molecule has 2 unspecified atom stereocenters. The van der Waals surface area contributed by atoms with E-state index < -0.39 is 18.0 Å². The number of aliphatic imine (C=N–C) groups is 1. The summed E-state index contributed by atoms with van der Waals surface area (Å²) in [5.41, 5.74) is 2.77. The van der Waals surface area contributed by atoms with Crippen LogP contribution in [0.4, 0.5) is 10.5 Å². The number of anilines is 1. The fraction of sp³-hybridized carbons (Fsp3) is 0.158. The largest absolute Gasteiger partial charge is 0.341 e. The van der Waals surface area contributed by atoms with Crippen LogP contribution in [0.15, 0.2) is 53.7 Å². The minimum absolute atomic E-state index is 0.251. The summed E-state index contributed by atoms with van der Waals surface area (Å²) >= 11 is 5.95.